The summed E-state index contributed by atoms with van der Waals surface area (Å²) in [6.07, 6.45) is -8.34. The summed E-state index contributed by atoms with van der Waals surface area (Å²) < 4.78 is 68.1. The first-order valence-corrected chi connectivity index (χ1v) is 4.06. The third-order valence-corrected chi connectivity index (χ3v) is 1.60. The normalized spacial score (nSPS) is 11.7. The molecule has 0 aromatic carbocycles. The molecule has 0 spiro atoms. The van der Waals surface area contributed by atoms with Gasteiger partial charge in [0.2, 0.25) is 0 Å². The monoisotopic (exact) mass is 259 g/mol. The minimum Gasteiger partial charge on any atom is -0.506 e. The van der Waals surface area contributed by atoms with Gasteiger partial charge >= 0.3 is 6.36 Å². The molecule has 0 radical (unpaired) electrons. The van der Waals surface area contributed by atoms with Crippen LogP contribution in [0.2, 0.25) is 0 Å². The van der Waals surface area contributed by atoms with Crippen molar-refractivity contribution in [3.05, 3.63) is 11.8 Å². The van der Waals surface area contributed by atoms with E-state index < -0.39 is 35.9 Å². The smallest absolute Gasteiger partial charge is 0.506 e. The predicted molar refractivity (Wildman–Crippen MR) is 44.1 cm³/mol. The van der Waals surface area contributed by atoms with Crippen LogP contribution in [0, 0.1) is 0 Å². The lowest BCUT2D eigenvalue weighted by Gasteiger charge is -2.13. The number of halogens is 5. The molecule has 1 N–H and O–H groups in total. The number of ether oxygens (including phenoxy) is 2. The largest absolute Gasteiger partial charge is 0.574 e. The summed E-state index contributed by atoms with van der Waals surface area (Å²) in [6.45, 7) is 0. The van der Waals surface area contributed by atoms with Gasteiger partial charge in [0.25, 0.3) is 12.3 Å². The van der Waals surface area contributed by atoms with Gasteiger partial charge < -0.3 is 14.6 Å². The molecule has 96 valence electrons. The third-order valence-electron chi connectivity index (χ3n) is 1.60. The fraction of sp³-hybridized carbons (Fsp3) is 0.375. The topological polar surface area (TPSA) is 51.6 Å². The number of pyridine rings is 1. The number of rotatable bonds is 3. The number of alkyl halides is 5. The highest BCUT2D eigenvalue weighted by molar-refractivity contribution is 5.43. The molecule has 1 heterocycles. The Kier molecular flexibility index (Phi) is 3.59. The average molecular weight is 259 g/mol. The lowest BCUT2D eigenvalue weighted by molar-refractivity contribution is -0.276. The van der Waals surface area contributed by atoms with Crippen molar-refractivity contribution in [2.45, 2.75) is 12.8 Å². The van der Waals surface area contributed by atoms with Crippen molar-refractivity contribution in [3.63, 3.8) is 0 Å². The fourth-order valence-corrected chi connectivity index (χ4v) is 0.971. The zero-order valence-electron chi connectivity index (χ0n) is 8.26. The van der Waals surface area contributed by atoms with Gasteiger partial charge in [-0.3, -0.25) is 0 Å². The highest BCUT2D eigenvalue weighted by atomic mass is 19.4. The second-order valence-corrected chi connectivity index (χ2v) is 2.75. The number of aromatic hydroxyl groups is 1. The molecule has 0 fully saturated rings. The Morgan fingerprint density at radius 3 is 2.35 bits per heavy atom. The van der Waals surface area contributed by atoms with Crippen LogP contribution in [0.3, 0.4) is 0 Å². The molecule has 1 aromatic heterocycles. The van der Waals surface area contributed by atoms with E-state index in [-0.39, 0.29) is 0 Å². The standard InChI is InChI=1S/C8H6F5NO3/c1-16-4-2-3(15)5(6(9)10)14-7(4)17-8(11,12)13/h2,6,15H,1H3. The van der Waals surface area contributed by atoms with Gasteiger partial charge in [-0.2, -0.15) is 0 Å². The number of hydrogen-bond acceptors (Lipinski definition) is 4. The molecule has 0 saturated heterocycles. The number of nitrogens with zero attached hydrogens (tertiary/aromatic N) is 1. The Balaban J connectivity index is 3.22. The maximum absolute atomic E-state index is 12.3. The summed E-state index contributed by atoms with van der Waals surface area (Å²) in [6, 6.07) is 0.565. The number of aromatic nitrogens is 1. The molecule has 0 aliphatic carbocycles. The molecule has 0 amide bonds. The minimum atomic E-state index is -5.10. The Labute approximate surface area is 91.6 Å². The second-order valence-electron chi connectivity index (χ2n) is 2.75. The number of hydrogen-bond donors (Lipinski definition) is 1. The maximum Gasteiger partial charge on any atom is 0.574 e. The number of methoxy groups -OCH3 is 1. The molecular weight excluding hydrogens is 253 g/mol. The minimum absolute atomic E-state index is 0.565. The van der Waals surface area contributed by atoms with Gasteiger partial charge in [-0.1, -0.05) is 0 Å². The van der Waals surface area contributed by atoms with E-state index in [1.807, 2.05) is 0 Å². The Morgan fingerprint density at radius 1 is 1.35 bits per heavy atom. The van der Waals surface area contributed by atoms with Crippen molar-refractivity contribution in [1.82, 2.24) is 4.98 Å². The van der Waals surface area contributed by atoms with E-state index in [1.54, 1.807) is 0 Å². The predicted octanol–water partition coefficient (Wildman–Crippen LogP) is 2.63. The van der Waals surface area contributed by atoms with E-state index in [0.29, 0.717) is 6.07 Å². The molecule has 1 rings (SSSR count). The van der Waals surface area contributed by atoms with Gasteiger partial charge in [0.1, 0.15) is 5.75 Å². The van der Waals surface area contributed by atoms with Gasteiger partial charge in [-0.25, -0.2) is 13.8 Å². The van der Waals surface area contributed by atoms with Crippen LogP contribution in [0.15, 0.2) is 6.07 Å². The third kappa shape index (κ3) is 3.33. The zero-order chi connectivity index (χ0) is 13.2. The van der Waals surface area contributed by atoms with Crippen molar-refractivity contribution in [2.24, 2.45) is 0 Å². The zero-order valence-corrected chi connectivity index (χ0v) is 8.26. The summed E-state index contributed by atoms with van der Waals surface area (Å²) >= 11 is 0. The second kappa shape index (κ2) is 4.60. The van der Waals surface area contributed by atoms with Crippen LogP contribution >= 0.6 is 0 Å². The van der Waals surface area contributed by atoms with E-state index in [9.17, 15) is 22.0 Å². The lowest BCUT2D eigenvalue weighted by atomic mass is 10.3. The first-order valence-electron chi connectivity index (χ1n) is 4.06. The molecule has 0 aliphatic rings. The summed E-state index contributed by atoms with van der Waals surface area (Å²) in [5.74, 6) is -2.77. The summed E-state index contributed by atoms with van der Waals surface area (Å²) in [5, 5.41) is 9.06. The van der Waals surface area contributed by atoms with Crippen LogP contribution in [-0.4, -0.2) is 23.6 Å². The van der Waals surface area contributed by atoms with E-state index in [1.165, 1.54) is 0 Å². The molecule has 0 unspecified atom stereocenters. The molecule has 0 saturated carbocycles. The van der Waals surface area contributed by atoms with Crippen molar-refractivity contribution < 1.29 is 36.5 Å². The van der Waals surface area contributed by atoms with Crippen molar-refractivity contribution in [3.8, 4) is 17.4 Å². The molecule has 4 nitrogen and oxygen atoms in total. The van der Waals surface area contributed by atoms with Crippen LogP contribution < -0.4 is 9.47 Å². The van der Waals surface area contributed by atoms with Gasteiger partial charge in [-0.15, -0.1) is 13.2 Å². The first-order chi connectivity index (χ1) is 7.74. The van der Waals surface area contributed by atoms with Gasteiger partial charge in [0, 0.05) is 6.07 Å². The highest BCUT2D eigenvalue weighted by Gasteiger charge is 2.34. The quantitative estimate of drug-likeness (QED) is 0.848. The summed E-state index contributed by atoms with van der Waals surface area (Å²) in [5.41, 5.74) is -1.22. The molecule has 1 aromatic rings. The van der Waals surface area contributed by atoms with Crippen LogP contribution in [0.4, 0.5) is 22.0 Å². The van der Waals surface area contributed by atoms with Crippen molar-refractivity contribution in [1.29, 1.82) is 0 Å². The summed E-state index contributed by atoms with van der Waals surface area (Å²) in [4.78, 5) is 2.86. The van der Waals surface area contributed by atoms with Crippen LogP contribution in [0.5, 0.6) is 17.4 Å². The molecule has 0 aliphatic heterocycles. The van der Waals surface area contributed by atoms with Crippen LogP contribution in [0.1, 0.15) is 12.1 Å². The Hall–Kier alpha value is -1.80. The van der Waals surface area contributed by atoms with Crippen molar-refractivity contribution in [2.75, 3.05) is 7.11 Å². The SMILES string of the molecule is COc1cc(O)c(C(F)F)nc1OC(F)(F)F. The molecular formula is C8H6F5NO3. The van der Waals surface area contributed by atoms with Crippen LogP contribution in [0.25, 0.3) is 0 Å². The highest BCUT2D eigenvalue weighted by Crippen LogP contribution is 2.37. The van der Waals surface area contributed by atoms with E-state index in [2.05, 4.69) is 14.5 Å². The van der Waals surface area contributed by atoms with Gasteiger partial charge in [0.05, 0.1) is 7.11 Å². The molecule has 9 heteroatoms. The fourth-order valence-electron chi connectivity index (χ4n) is 0.971. The van der Waals surface area contributed by atoms with Crippen LogP contribution in [-0.2, 0) is 0 Å². The van der Waals surface area contributed by atoms with E-state index >= 15 is 0 Å². The maximum atomic E-state index is 12.3. The van der Waals surface area contributed by atoms with Crippen molar-refractivity contribution >= 4 is 0 Å². The average Bonchev–Trinajstić information content (AvgIpc) is 2.17. The van der Waals surface area contributed by atoms with Gasteiger partial charge in [0.15, 0.2) is 11.4 Å². The molecule has 0 atom stereocenters. The van der Waals surface area contributed by atoms with E-state index in [0.717, 1.165) is 7.11 Å². The van der Waals surface area contributed by atoms with E-state index in [4.69, 9.17) is 5.11 Å². The summed E-state index contributed by atoms with van der Waals surface area (Å²) in [7, 11) is 0.974. The van der Waals surface area contributed by atoms with Gasteiger partial charge in [-0.05, 0) is 0 Å². The Bertz CT molecular complexity index is 407. The molecule has 17 heavy (non-hydrogen) atoms. The Morgan fingerprint density at radius 2 is 1.94 bits per heavy atom. The lowest BCUT2D eigenvalue weighted by Crippen LogP contribution is -2.19. The first kappa shape index (κ1) is 13.3. The molecule has 0 bridgehead atoms.